The summed E-state index contributed by atoms with van der Waals surface area (Å²) in [6.45, 7) is 54.1. The second-order valence-electron chi connectivity index (χ2n) is 31.0. The third-order valence-corrected chi connectivity index (χ3v) is 16.0. The van der Waals surface area contributed by atoms with Crippen molar-refractivity contribution in [3.63, 3.8) is 0 Å². The van der Waals surface area contributed by atoms with E-state index in [2.05, 4.69) is 83.1 Å². The summed E-state index contributed by atoms with van der Waals surface area (Å²) in [7, 11) is 0. The molecule has 8 N–H and O–H groups in total. The monoisotopic (exact) mass is 1540 g/mol. The highest BCUT2D eigenvalue weighted by Gasteiger charge is 2.33. The smallest absolute Gasteiger partial charge is 0.464 e. The molecule has 1 aromatic heterocycles. The van der Waals surface area contributed by atoms with Crippen LogP contribution in [0.3, 0.4) is 0 Å². The maximum atomic E-state index is 11.5. The van der Waals surface area contributed by atoms with Crippen LogP contribution in [0.2, 0.25) is 0 Å². The van der Waals surface area contributed by atoms with Gasteiger partial charge < -0.3 is 69.7 Å². The summed E-state index contributed by atoms with van der Waals surface area (Å²) in [6.07, 6.45) is 8.52. The zero-order valence-corrected chi connectivity index (χ0v) is 69.7. The van der Waals surface area contributed by atoms with Crippen molar-refractivity contribution in [3.05, 3.63) is 128 Å². The minimum Gasteiger partial charge on any atom is -0.464 e. The van der Waals surface area contributed by atoms with E-state index in [0.717, 1.165) is 52.4 Å². The van der Waals surface area contributed by atoms with Crippen molar-refractivity contribution < 1.29 is 85.1 Å². The first-order valence-electron chi connectivity index (χ1n) is 38.1. The molecule has 4 aliphatic heterocycles. The van der Waals surface area contributed by atoms with Gasteiger partial charge in [-0.3, -0.25) is 33.6 Å². The van der Waals surface area contributed by atoms with Crippen molar-refractivity contribution in [1.82, 2.24) is 0 Å². The molecule has 0 saturated carbocycles. The minimum absolute atomic E-state index is 0. The SMILES string of the molecule is C.C.CC(C)C(C)C1=CCC(=O)O1.CC(C)C1OC(=O)c2ccccc21.CC(C)CC1=CCC(=O)O1.CC(C)COC(=O)[C@@H](N)C(C)C.CC(C)COC(=O)[C@@H](N)Cc1ccccc1.CC1=C(C(C)C(C)C)OC(=O)C1.CC[C@H](N)C(=O)OCC(C)C.CC[C@H](N)C(=O)OCC(C)C.Cc1oc(=O)oc1CC(C)C. The summed E-state index contributed by atoms with van der Waals surface area (Å²) in [5, 5.41) is 0. The molecule has 0 bridgehead atoms. The Morgan fingerprint density at radius 1 is 0.468 bits per heavy atom. The molecule has 5 heterocycles. The molecule has 4 aliphatic rings. The van der Waals surface area contributed by atoms with Crippen LogP contribution in [0.4, 0.5) is 0 Å². The number of esters is 8. The molecular weight excluding hydrogens is 1390 g/mol. The number of ether oxygens (including phenoxy) is 8. The van der Waals surface area contributed by atoms with Crippen LogP contribution in [0.1, 0.15) is 266 Å². The molecule has 0 aliphatic carbocycles. The van der Waals surface area contributed by atoms with E-state index in [1.165, 1.54) is 0 Å². The highest BCUT2D eigenvalue weighted by atomic mass is 16.6. The lowest BCUT2D eigenvalue weighted by molar-refractivity contribution is -0.148. The number of hydrogen-bond acceptors (Lipinski definition) is 23. The van der Waals surface area contributed by atoms with Crippen LogP contribution < -0.4 is 28.8 Å². The minimum atomic E-state index is -0.599. The van der Waals surface area contributed by atoms with Gasteiger partial charge in [0.25, 0.3) is 0 Å². The van der Waals surface area contributed by atoms with Gasteiger partial charge in [-0.05, 0) is 122 Å². The van der Waals surface area contributed by atoms with Crippen molar-refractivity contribution in [3.8, 4) is 0 Å². The number of aryl methyl sites for hydroxylation is 1. The molecule has 23 nitrogen and oxygen atoms in total. The fourth-order valence-corrected chi connectivity index (χ4v) is 8.86. The molecule has 3 unspecified atom stereocenters. The molecule has 624 valence electrons. The van der Waals surface area contributed by atoms with E-state index < -0.39 is 30.0 Å². The van der Waals surface area contributed by atoms with Gasteiger partial charge in [-0.2, -0.15) is 0 Å². The summed E-state index contributed by atoms with van der Waals surface area (Å²) in [4.78, 5) is 98.6. The van der Waals surface area contributed by atoms with E-state index >= 15 is 0 Å². The van der Waals surface area contributed by atoms with Gasteiger partial charge in [0.2, 0.25) is 0 Å². The van der Waals surface area contributed by atoms with E-state index in [9.17, 15) is 43.2 Å². The van der Waals surface area contributed by atoms with Crippen molar-refractivity contribution in [2.24, 2.45) is 93.9 Å². The summed E-state index contributed by atoms with van der Waals surface area (Å²) in [5.74, 6) is 6.33. The van der Waals surface area contributed by atoms with Gasteiger partial charge in [-0.15, -0.1) is 0 Å². The molecule has 7 atom stereocenters. The first-order chi connectivity index (χ1) is 49.8. The van der Waals surface area contributed by atoms with E-state index in [0.29, 0.717) is 142 Å². The van der Waals surface area contributed by atoms with Crippen molar-refractivity contribution in [1.29, 1.82) is 0 Å². The van der Waals surface area contributed by atoms with Crippen LogP contribution in [0, 0.1) is 77.9 Å². The summed E-state index contributed by atoms with van der Waals surface area (Å²) < 4.78 is 49.6. The Labute approximate surface area is 655 Å². The molecule has 0 radical (unpaired) electrons. The Bertz CT molecular complexity index is 3210. The zero-order valence-electron chi connectivity index (χ0n) is 69.7. The average molecular weight is 1540 g/mol. The Balaban J connectivity index is -0.000000569. The Kier molecular flexibility index (Phi) is 57.5. The number of carbonyl (C=O) groups is 8. The molecule has 0 saturated heterocycles. The topological polar surface area (TPSA) is 358 Å². The number of nitrogens with two attached hydrogens (primary N) is 4. The molecule has 0 spiro atoms. The van der Waals surface area contributed by atoms with E-state index in [-0.39, 0.29) is 74.6 Å². The lowest BCUT2D eigenvalue weighted by Crippen LogP contribution is -2.37. The average Bonchev–Trinajstić information content (AvgIpc) is 1.62. The Morgan fingerprint density at radius 2 is 0.899 bits per heavy atom. The summed E-state index contributed by atoms with van der Waals surface area (Å²) in [5.41, 5.74) is 26.1. The van der Waals surface area contributed by atoms with Crippen LogP contribution in [0.15, 0.2) is 103 Å². The maximum Gasteiger partial charge on any atom is 0.519 e. The number of hydrogen-bond donors (Lipinski definition) is 4. The highest BCUT2D eigenvalue weighted by Crippen LogP contribution is 2.35. The summed E-state index contributed by atoms with van der Waals surface area (Å²) >= 11 is 0. The predicted octanol–water partition coefficient (Wildman–Crippen LogP) is 16.8. The van der Waals surface area contributed by atoms with Gasteiger partial charge in [-0.25, -0.2) is 9.59 Å². The van der Waals surface area contributed by atoms with Gasteiger partial charge in [0, 0.05) is 30.2 Å². The Morgan fingerprint density at radius 3 is 1.26 bits per heavy atom. The van der Waals surface area contributed by atoms with Crippen molar-refractivity contribution >= 4 is 47.8 Å². The first kappa shape index (κ1) is 108. The molecule has 23 heteroatoms. The van der Waals surface area contributed by atoms with Crippen LogP contribution in [0.5, 0.6) is 0 Å². The molecule has 109 heavy (non-hydrogen) atoms. The third kappa shape index (κ3) is 48.5. The maximum absolute atomic E-state index is 11.5. The summed E-state index contributed by atoms with van der Waals surface area (Å²) in [6, 6.07) is 15.3. The fourth-order valence-electron chi connectivity index (χ4n) is 8.86. The molecule has 7 rings (SSSR count). The van der Waals surface area contributed by atoms with Gasteiger partial charge in [0.05, 0.1) is 51.3 Å². The zero-order chi connectivity index (χ0) is 82.5. The van der Waals surface area contributed by atoms with Crippen LogP contribution in [0.25, 0.3) is 0 Å². The highest BCUT2D eigenvalue weighted by molar-refractivity contribution is 5.94. The Hall–Kier alpha value is -7.73. The standard InChI is InChI=1S/C13H19NO2.C11H12O2.C10H16O2.C9H19NO2.C9H14O2.2C8H17NO2.C8H12O3.C8H12O2.2CH4/c1-10(2)9-16-13(15)12(14)8-11-6-4-3-5-7-11;1-7(2)10-8-5-3-4-6-9(8)11(12)13-10;1-6(2)8(4)10-7(3)5-9(11)12-10;1-6(2)5-12-9(11)8(10)7(3)4;1-6(2)7(3)8-4-5-9(10)11-8;2*1-4-7(9)8(10)11-5-6(2)3;1-5(2)4-7-6(3)10-8(9)11-7;1-6(2)5-7-3-4-8(9)10-7;;/h3-7,10,12H,8-9,14H2,1-2H3;3-7,10H,1-2H3;6,8H,5H2,1-4H3;6-8H,5,10H2,1-4H3;4,6-7H,5H2,1-3H3;2*6-7H,4-5,9H2,1-3H3;5H,4H2,1-3H3;3,6H,4-5H2,1-2H3;2*1H4/t12-;;;8-;;2*7-;;;;/m0..0.00..../s1. The largest absolute Gasteiger partial charge is 0.519 e. The number of cyclic esters (lactones) is 4. The second-order valence-corrected chi connectivity index (χ2v) is 31.0. The number of fused-ring (bicyclic) bond motifs is 1. The first-order valence-corrected chi connectivity index (χ1v) is 38.1. The molecule has 2 aromatic carbocycles. The number of benzene rings is 2. The van der Waals surface area contributed by atoms with E-state index in [1.54, 1.807) is 6.92 Å². The van der Waals surface area contributed by atoms with Gasteiger partial charge in [0.1, 0.15) is 59.1 Å². The quantitative estimate of drug-likeness (QED) is 0.0428. The number of allylic oxidation sites excluding steroid dienone is 3. The van der Waals surface area contributed by atoms with Gasteiger partial charge in [0.15, 0.2) is 0 Å². The molecule has 3 aromatic rings. The van der Waals surface area contributed by atoms with E-state index in [4.69, 9.17) is 69.7 Å². The van der Waals surface area contributed by atoms with Crippen molar-refractivity contribution in [2.45, 2.75) is 277 Å². The van der Waals surface area contributed by atoms with Gasteiger partial charge >= 0.3 is 53.6 Å². The van der Waals surface area contributed by atoms with Crippen molar-refractivity contribution in [2.75, 3.05) is 26.4 Å². The predicted molar refractivity (Wildman–Crippen MR) is 433 cm³/mol. The third-order valence-electron chi connectivity index (χ3n) is 16.0. The fraction of sp³-hybridized carbons (Fsp3) is 0.663. The molecule has 0 fully saturated rings. The normalized spacial score (nSPS) is 15.4. The lowest BCUT2D eigenvalue weighted by atomic mass is 9.94. The number of carbonyl (C=O) groups excluding carboxylic acids is 8. The van der Waals surface area contributed by atoms with Crippen LogP contribution in [-0.2, 0) is 84.3 Å². The molecule has 0 amide bonds. The van der Waals surface area contributed by atoms with E-state index in [1.807, 2.05) is 157 Å². The lowest BCUT2D eigenvalue weighted by Gasteiger charge is -2.16. The van der Waals surface area contributed by atoms with Crippen LogP contribution in [-0.4, -0.2) is 98.3 Å². The number of rotatable bonds is 26. The van der Waals surface area contributed by atoms with Gasteiger partial charge in [-0.1, -0.05) is 230 Å². The second kappa shape index (κ2) is 58.2. The molecular formula is C86H146N4O19. The van der Waals surface area contributed by atoms with Crippen LogP contribution >= 0.6 is 0 Å².